The Bertz CT molecular complexity index is 772. The van der Waals surface area contributed by atoms with Gasteiger partial charge in [0.15, 0.2) is 0 Å². The maximum absolute atomic E-state index is 5.87. The summed E-state index contributed by atoms with van der Waals surface area (Å²) in [5.74, 6) is 2.17. The van der Waals surface area contributed by atoms with Gasteiger partial charge in [0.05, 0.1) is 6.54 Å². The molecule has 3 aromatic rings. The lowest BCUT2D eigenvalue weighted by Crippen LogP contribution is -2.31. The van der Waals surface area contributed by atoms with E-state index in [-0.39, 0.29) is 0 Å². The minimum absolute atomic E-state index is 0.514. The standard InChI is InChI=1S/C21H25N3O2/c1-23(2)13-14-24(16-18-7-6-12-22-15-18)17-20-10-11-21(26-20)25-19-8-4-3-5-9-19/h3-12,15H,13-14,16-17H2,1-2H3. The largest absolute Gasteiger partial charge is 0.429 e. The van der Waals surface area contributed by atoms with Crippen LogP contribution < -0.4 is 4.74 Å². The molecule has 5 heteroatoms. The second-order valence-corrected chi connectivity index (χ2v) is 6.51. The summed E-state index contributed by atoms with van der Waals surface area (Å²) in [4.78, 5) is 8.74. The molecule has 0 aliphatic heterocycles. The van der Waals surface area contributed by atoms with Crippen molar-refractivity contribution >= 4 is 0 Å². The summed E-state index contributed by atoms with van der Waals surface area (Å²) in [5.41, 5.74) is 1.19. The highest BCUT2D eigenvalue weighted by atomic mass is 16.6. The van der Waals surface area contributed by atoms with Crippen LogP contribution in [0.2, 0.25) is 0 Å². The Hall–Kier alpha value is -2.63. The number of nitrogens with zero attached hydrogens (tertiary/aromatic N) is 3. The number of pyridine rings is 1. The Labute approximate surface area is 154 Å². The van der Waals surface area contributed by atoms with Gasteiger partial charge in [0.25, 0.3) is 5.95 Å². The smallest absolute Gasteiger partial charge is 0.290 e. The van der Waals surface area contributed by atoms with Gasteiger partial charge in [-0.3, -0.25) is 9.88 Å². The van der Waals surface area contributed by atoms with E-state index in [2.05, 4.69) is 34.9 Å². The van der Waals surface area contributed by atoms with Crippen LogP contribution in [0.5, 0.6) is 11.7 Å². The molecule has 26 heavy (non-hydrogen) atoms. The maximum Gasteiger partial charge on any atom is 0.290 e. The van der Waals surface area contributed by atoms with E-state index in [9.17, 15) is 0 Å². The molecule has 0 aliphatic rings. The molecule has 2 aromatic heterocycles. The van der Waals surface area contributed by atoms with Crippen molar-refractivity contribution in [3.8, 4) is 11.7 Å². The van der Waals surface area contributed by atoms with Gasteiger partial charge in [-0.1, -0.05) is 24.3 Å². The fraction of sp³-hybridized carbons (Fsp3) is 0.286. The summed E-state index contributed by atoms with van der Waals surface area (Å²) in [5, 5.41) is 0. The minimum Gasteiger partial charge on any atom is -0.429 e. The molecule has 0 unspecified atom stereocenters. The molecule has 3 rings (SSSR count). The van der Waals surface area contributed by atoms with Gasteiger partial charge in [0, 0.05) is 38.1 Å². The quantitative estimate of drug-likeness (QED) is 0.582. The van der Waals surface area contributed by atoms with Gasteiger partial charge in [0.2, 0.25) is 0 Å². The lowest BCUT2D eigenvalue weighted by molar-refractivity contribution is 0.204. The molecule has 136 valence electrons. The van der Waals surface area contributed by atoms with Crippen LogP contribution in [0.25, 0.3) is 0 Å². The third-order valence-corrected chi connectivity index (χ3v) is 3.97. The number of likely N-dealkylation sites (N-methyl/N-ethyl adjacent to an activating group) is 1. The topological polar surface area (TPSA) is 41.7 Å². The minimum atomic E-state index is 0.514. The fourth-order valence-electron chi connectivity index (χ4n) is 2.63. The molecule has 5 nitrogen and oxygen atoms in total. The molecule has 0 saturated carbocycles. The van der Waals surface area contributed by atoms with Gasteiger partial charge in [-0.25, -0.2) is 0 Å². The fourth-order valence-corrected chi connectivity index (χ4v) is 2.63. The molecule has 0 spiro atoms. The first kappa shape index (κ1) is 18.2. The van der Waals surface area contributed by atoms with Crippen molar-refractivity contribution in [1.82, 2.24) is 14.8 Å². The first-order valence-corrected chi connectivity index (χ1v) is 8.76. The van der Waals surface area contributed by atoms with Crippen LogP contribution in [0.4, 0.5) is 0 Å². The summed E-state index contributed by atoms with van der Waals surface area (Å²) in [6.07, 6.45) is 3.71. The van der Waals surface area contributed by atoms with E-state index in [1.807, 2.05) is 54.7 Å². The number of furan rings is 1. The van der Waals surface area contributed by atoms with Crippen molar-refractivity contribution in [1.29, 1.82) is 0 Å². The second kappa shape index (κ2) is 9.17. The van der Waals surface area contributed by atoms with Crippen molar-refractivity contribution in [2.24, 2.45) is 0 Å². The molecule has 0 atom stereocenters. The molecular formula is C21H25N3O2. The van der Waals surface area contributed by atoms with Gasteiger partial charge in [0.1, 0.15) is 11.5 Å². The number of ether oxygens (including phenoxy) is 1. The number of hydrogen-bond donors (Lipinski definition) is 0. The monoisotopic (exact) mass is 351 g/mol. The van der Waals surface area contributed by atoms with Crippen molar-refractivity contribution < 1.29 is 9.15 Å². The molecule has 0 amide bonds. The van der Waals surface area contributed by atoms with Gasteiger partial charge >= 0.3 is 0 Å². The SMILES string of the molecule is CN(C)CCN(Cc1cccnc1)Cc1ccc(Oc2ccccc2)o1. The third-order valence-electron chi connectivity index (χ3n) is 3.97. The summed E-state index contributed by atoms with van der Waals surface area (Å²) >= 11 is 0. The van der Waals surface area contributed by atoms with Gasteiger partial charge in [-0.05, 0) is 43.9 Å². The molecule has 1 aromatic carbocycles. The zero-order valence-electron chi connectivity index (χ0n) is 15.3. The van der Waals surface area contributed by atoms with E-state index in [1.54, 1.807) is 6.20 Å². The Morgan fingerprint density at radius 2 is 1.77 bits per heavy atom. The zero-order chi connectivity index (χ0) is 18.2. The van der Waals surface area contributed by atoms with Crippen LogP contribution in [-0.2, 0) is 13.1 Å². The molecule has 2 heterocycles. The highest BCUT2D eigenvalue weighted by Crippen LogP contribution is 2.24. The highest BCUT2D eigenvalue weighted by Gasteiger charge is 2.12. The number of para-hydroxylation sites is 1. The summed E-state index contributed by atoms with van der Waals surface area (Å²) < 4.78 is 11.6. The number of aromatic nitrogens is 1. The molecule has 0 saturated heterocycles. The normalized spacial score (nSPS) is 11.2. The number of benzene rings is 1. The Morgan fingerprint density at radius 3 is 2.50 bits per heavy atom. The predicted molar refractivity (Wildman–Crippen MR) is 102 cm³/mol. The summed E-state index contributed by atoms with van der Waals surface area (Å²) in [6, 6.07) is 17.6. The predicted octanol–water partition coefficient (Wildman–Crippen LogP) is 4.03. The van der Waals surface area contributed by atoms with Crippen LogP contribution in [0.15, 0.2) is 71.4 Å². The van der Waals surface area contributed by atoms with E-state index >= 15 is 0 Å². The van der Waals surface area contributed by atoms with Crippen LogP contribution in [0, 0.1) is 0 Å². The zero-order valence-corrected chi connectivity index (χ0v) is 15.3. The van der Waals surface area contributed by atoms with Crippen molar-refractivity contribution in [2.45, 2.75) is 13.1 Å². The number of hydrogen-bond acceptors (Lipinski definition) is 5. The number of rotatable bonds is 9. The lowest BCUT2D eigenvalue weighted by atomic mass is 10.2. The summed E-state index contributed by atoms with van der Waals surface area (Å²) in [6.45, 7) is 3.48. The van der Waals surface area contributed by atoms with Crippen molar-refractivity contribution in [2.75, 3.05) is 27.2 Å². The van der Waals surface area contributed by atoms with E-state index in [0.29, 0.717) is 5.95 Å². The first-order chi connectivity index (χ1) is 12.7. The molecule has 0 radical (unpaired) electrons. The third kappa shape index (κ3) is 5.72. The molecular weight excluding hydrogens is 326 g/mol. The van der Waals surface area contributed by atoms with Crippen molar-refractivity contribution in [3.63, 3.8) is 0 Å². The lowest BCUT2D eigenvalue weighted by Gasteiger charge is -2.23. The van der Waals surface area contributed by atoms with E-state index in [0.717, 1.165) is 37.7 Å². The van der Waals surface area contributed by atoms with Crippen LogP contribution in [0.3, 0.4) is 0 Å². The second-order valence-electron chi connectivity index (χ2n) is 6.51. The average molecular weight is 351 g/mol. The highest BCUT2D eigenvalue weighted by molar-refractivity contribution is 5.26. The Kier molecular flexibility index (Phi) is 6.41. The van der Waals surface area contributed by atoms with Gasteiger partial charge in [-0.15, -0.1) is 0 Å². The van der Waals surface area contributed by atoms with E-state index in [1.165, 1.54) is 5.56 Å². The van der Waals surface area contributed by atoms with E-state index < -0.39 is 0 Å². The molecule has 0 aliphatic carbocycles. The summed E-state index contributed by atoms with van der Waals surface area (Å²) in [7, 11) is 4.17. The molecule has 0 fully saturated rings. The van der Waals surface area contributed by atoms with Gasteiger partial charge in [-0.2, -0.15) is 0 Å². The average Bonchev–Trinajstić information content (AvgIpc) is 3.08. The maximum atomic E-state index is 5.87. The molecule has 0 bridgehead atoms. The van der Waals surface area contributed by atoms with Crippen LogP contribution >= 0.6 is 0 Å². The van der Waals surface area contributed by atoms with Crippen LogP contribution in [0.1, 0.15) is 11.3 Å². The first-order valence-electron chi connectivity index (χ1n) is 8.76. The Morgan fingerprint density at radius 1 is 0.923 bits per heavy atom. The van der Waals surface area contributed by atoms with Gasteiger partial charge < -0.3 is 14.1 Å². The van der Waals surface area contributed by atoms with Crippen LogP contribution in [-0.4, -0.2) is 42.0 Å². The Balaban J connectivity index is 1.64. The van der Waals surface area contributed by atoms with E-state index in [4.69, 9.17) is 9.15 Å². The van der Waals surface area contributed by atoms with Crippen molar-refractivity contribution in [3.05, 3.63) is 78.3 Å². The molecule has 0 N–H and O–H groups in total.